The summed E-state index contributed by atoms with van der Waals surface area (Å²) >= 11 is 1.36. The Hall–Kier alpha value is -4.43. The molecule has 4 aromatic carbocycles. The van der Waals surface area contributed by atoms with Gasteiger partial charge < -0.3 is 9.64 Å². The number of hydrogen-bond donors (Lipinski definition) is 0. The van der Waals surface area contributed by atoms with E-state index in [1.165, 1.54) is 23.9 Å². The van der Waals surface area contributed by atoms with Crippen LogP contribution in [-0.4, -0.2) is 34.5 Å². The minimum Gasteiger partial charge on any atom is -0.497 e. The molecule has 0 radical (unpaired) electrons. The molecule has 8 heteroatoms. The Kier molecular flexibility index (Phi) is 7.74. The quantitative estimate of drug-likeness (QED) is 0.176. The topological polar surface area (TPSA) is 64.4 Å². The molecule has 5 rings (SSSR count). The number of fused-ring (bicyclic) bond motifs is 1. The Morgan fingerprint density at radius 3 is 2.36 bits per heavy atom. The van der Waals surface area contributed by atoms with E-state index >= 15 is 0 Å². The van der Waals surface area contributed by atoms with Crippen molar-refractivity contribution in [3.8, 4) is 11.4 Å². The van der Waals surface area contributed by atoms with Gasteiger partial charge in [-0.3, -0.25) is 14.2 Å². The molecule has 1 heterocycles. The van der Waals surface area contributed by atoms with Gasteiger partial charge in [-0.05, 0) is 65.7 Å². The normalized spacial score (nSPS) is 10.9. The van der Waals surface area contributed by atoms with Crippen LogP contribution in [-0.2, 0) is 12.3 Å². The molecule has 39 heavy (non-hydrogen) atoms. The van der Waals surface area contributed by atoms with E-state index in [1.54, 1.807) is 78.2 Å². The Morgan fingerprint density at radius 1 is 0.949 bits per heavy atom. The summed E-state index contributed by atoms with van der Waals surface area (Å²) in [5.41, 5.74) is 3.19. The van der Waals surface area contributed by atoms with Crippen molar-refractivity contribution in [2.45, 2.75) is 17.5 Å². The highest BCUT2D eigenvalue weighted by molar-refractivity contribution is 7.98. The summed E-state index contributed by atoms with van der Waals surface area (Å²) in [6, 6.07) is 28.1. The van der Waals surface area contributed by atoms with Crippen molar-refractivity contribution in [1.29, 1.82) is 0 Å². The number of ether oxygens (including phenoxy) is 1. The highest BCUT2D eigenvalue weighted by Crippen LogP contribution is 2.26. The lowest BCUT2D eigenvalue weighted by molar-refractivity contribution is 0.0785. The molecule has 0 bridgehead atoms. The van der Waals surface area contributed by atoms with Gasteiger partial charge in [0.05, 0.1) is 23.7 Å². The van der Waals surface area contributed by atoms with Crippen LogP contribution in [0.3, 0.4) is 0 Å². The Bertz CT molecular complexity index is 1670. The lowest BCUT2D eigenvalue weighted by Crippen LogP contribution is -2.26. The highest BCUT2D eigenvalue weighted by Gasteiger charge is 2.18. The second kappa shape index (κ2) is 11.5. The van der Waals surface area contributed by atoms with E-state index in [4.69, 9.17) is 9.72 Å². The molecular weight excluding hydrogens is 513 g/mol. The molecule has 1 amide bonds. The molecule has 0 saturated heterocycles. The molecule has 0 aliphatic rings. The van der Waals surface area contributed by atoms with Crippen LogP contribution in [0.25, 0.3) is 16.6 Å². The zero-order chi connectivity index (χ0) is 27.4. The van der Waals surface area contributed by atoms with Gasteiger partial charge in [0.1, 0.15) is 11.6 Å². The molecule has 1 aromatic heterocycles. The molecule has 6 nitrogen and oxygen atoms in total. The van der Waals surface area contributed by atoms with Gasteiger partial charge in [0.25, 0.3) is 11.5 Å². The molecule has 0 spiro atoms. The lowest BCUT2D eigenvalue weighted by atomic mass is 10.1. The van der Waals surface area contributed by atoms with Crippen LogP contribution in [0.5, 0.6) is 5.75 Å². The summed E-state index contributed by atoms with van der Waals surface area (Å²) in [6.07, 6.45) is 0. The van der Waals surface area contributed by atoms with E-state index in [9.17, 15) is 14.0 Å². The summed E-state index contributed by atoms with van der Waals surface area (Å²) in [5, 5.41) is 0.864. The number of nitrogens with zero attached hydrogens (tertiary/aromatic N) is 3. The van der Waals surface area contributed by atoms with E-state index in [0.717, 1.165) is 11.1 Å². The minimum absolute atomic E-state index is 0.164. The summed E-state index contributed by atoms with van der Waals surface area (Å²) < 4.78 is 20.2. The smallest absolute Gasteiger partial charge is 0.266 e. The van der Waals surface area contributed by atoms with Crippen molar-refractivity contribution in [1.82, 2.24) is 14.5 Å². The molecule has 0 N–H and O–H groups in total. The average molecular weight is 540 g/mol. The van der Waals surface area contributed by atoms with E-state index in [2.05, 4.69) is 0 Å². The predicted octanol–water partition coefficient (Wildman–Crippen LogP) is 6.10. The fourth-order valence-electron chi connectivity index (χ4n) is 4.23. The number of amides is 1. The number of carbonyl (C=O) groups excluding carboxylic acids is 1. The second-order valence-electron chi connectivity index (χ2n) is 9.03. The molecule has 0 fully saturated rings. The maximum atomic E-state index is 13.7. The first-order valence-electron chi connectivity index (χ1n) is 12.3. The summed E-state index contributed by atoms with van der Waals surface area (Å²) in [6.45, 7) is 0.461. The van der Waals surface area contributed by atoms with Crippen molar-refractivity contribution in [2.75, 3.05) is 14.2 Å². The van der Waals surface area contributed by atoms with Crippen LogP contribution in [0.4, 0.5) is 4.39 Å². The van der Waals surface area contributed by atoms with Crippen LogP contribution >= 0.6 is 11.8 Å². The summed E-state index contributed by atoms with van der Waals surface area (Å²) in [4.78, 5) is 33.4. The van der Waals surface area contributed by atoms with Gasteiger partial charge in [0, 0.05) is 24.9 Å². The Labute approximate surface area is 229 Å². The van der Waals surface area contributed by atoms with Crippen molar-refractivity contribution < 1.29 is 13.9 Å². The summed E-state index contributed by atoms with van der Waals surface area (Å²) in [7, 11) is 3.33. The third-order valence-corrected chi connectivity index (χ3v) is 7.32. The third kappa shape index (κ3) is 5.86. The van der Waals surface area contributed by atoms with E-state index in [-0.39, 0.29) is 17.3 Å². The lowest BCUT2D eigenvalue weighted by Gasteiger charge is -2.18. The molecular formula is C31H26FN3O3S. The second-order valence-corrected chi connectivity index (χ2v) is 9.97. The largest absolute Gasteiger partial charge is 0.497 e. The Balaban J connectivity index is 1.53. The van der Waals surface area contributed by atoms with Gasteiger partial charge in [-0.15, -0.1) is 0 Å². The number of carbonyl (C=O) groups is 1. The van der Waals surface area contributed by atoms with E-state index < -0.39 is 0 Å². The molecule has 0 unspecified atom stereocenters. The number of aromatic nitrogens is 2. The average Bonchev–Trinajstić information content (AvgIpc) is 2.97. The van der Waals surface area contributed by atoms with Gasteiger partial charge in [0.2, 0.25) is 0 Å². The molecule has 0 aliphatic heterocycles. The number of halogens is 1. The molecule has 5 aromatic rings. The van der Waals surface area contributed by atoms with Gasteiger partial charge in [0.15, 0.2) is 5.16 Å². The number of hydrogen-bond acceptors (Lipinski definition) is 5. The van der Waals surface area contributed by atoms with Crippen LogP contribution in [0.1, 0.15) is 21.5 Å². The zero-order valence-corrected chi connectivity index (χ0v) is 22.3. The predicted molar refractivity (Wildman–Crippen MR) is 152 cm³/mol. The molecule has 0 atom stereocenters. The molecule has 196 valence electrons. The first-order valence-corrected chi connectivity index (χ1v) is 13.3. The molecule has 0 aliphatic carbocycles. The van der Waals surface area contributed by atoms with Crippen molar-refractivity contribution in [3.63, 3.8) is 0 Å². The first kappa shape index (κ1) is 26.2. The zero-order valence-electron chi connectivity index (χ0n) is 21.5. The van der Waals surface area contributed by atoms with Gasteiger partial charge in [-0.2, -0.15) is 0 Å². The van der Waals surface area contributed by atoms with Gasteiger partial charge >= 0.3 is 0 Å². The van der Waals surface area contributed by atoms with Crippen LogP contribution in [0, 0.1) is 5.82 Å². The Morgan fingerprint density at radius 2 is 1.67 bits per heavy atom. The number of thioether (sulfide) groups is 1. The SMILES string of the molecule is COc1ccc(-n2c(SCc3ccc(F)cc3)nc3cc(C(=O)N(C)Cc4ccccc4)ccc3c2=O)cc1. The fraction of sp³-hybridized carbons (Fsp3) is 0.129. The van der Waals surface area contributed by atoms with Gasteiger partial charge in [-0.1, -0.05) is 54.2 Å². The number of methoxy groups -OCH3 is 1. The maximum Gasteiger partial charge on any atom is 0.266 e. The third-order valence-electron chi connectivity index (χ3n) is 6.31. The van der Waals surface area contributed by atoms with Gasteiger partial charge in [-0.25, -0.2) is 9.37 Å². The monoisotopic (exact) mass is 539 g/mol. The number of rotatable bonds is 8. The van der Waals surface area contributed by atoms with Crippen LogP contribution in [0.2, 0.25) is 0 Å². The van der Waals surface area contributed by atoms with Crippen LogP contribution < -0.4 is 10.3 Å². The van der Waals surface area contributed by atoms with E-state index in [0.29, 0.717) is 45.4 Å². The van der Waals surface area contributed by atoms with Crippen molar-refractivity contribution >= 4 is 28.6 Å². The molecule has 0 saturated carbocycles. The van der Waals surface area contributed by atoms with E-state index in [1.807, 2.05) is 30.3 Å². The minimum atomic E-state index is -0.308. The fourth-order valence-corrected chi connectivity index (χ4v) is 5.20. The maximum absolute atomic E-state index is 13.7. The standard InChI is InChI=1S/C31H26FN3O3S/c1-34(19-21-6-4-3-5-7-21)29(36)23-10-17-27-28(18-23)33-31(39-20-22-8-11-24(32)12-9-22)35(30(27)37)25-13-15-26(38-2)16-14-25/h3-18H,19-20H2,1-2H3. The van der Waals surface area contributed by atoms with Crippen LogP contribution in [0.15, 0.2) is 107 Å². The van der Waals surface area contributed by atoms with Crippen molar-refractivity contribution in [3.05, 3.63) is 130 Å². The van der Waals surface area contributed by atoms with Crippen molar-refractivity contribution in [2.24, 2.45) is 0 Å². The first-order chi connectivity index (χ1) is 18.9. The number of benzene rings is 4. The summed E-state index contributed by atoms with van der Waals surface area (Å²) in [5.74, 6) is 0.677. The highest BCUT2D eigenvalue weighted by atomic mass is 32.2.